The number of anilines is 2. The highest BCUT2D eigenvalue weighted by molar-refractivity contribution is 5.36. The molecule has 0 saturated heterocycles. The number of benzene rings is 1. The fraction of sp³-hybridized carbons (Fsp3) is 0.308. The van der Waals surface area contributed by atoms with Crippen molar-refractivity contribution in [1.82, 2.24) is 15.0 Å². The van der Waals surface area contributed by atoms with Crippen LogP contribution in [0.5, 0.6) is 11.8 Å². The summed E-state index contributed by atoms with van der Waals surface area (Å²) in [4.78, 5) is 11.9. The maximum Gasteiger partial charge on any atom is 0.322 e. The minimum atomic E-state index is 0.122. The molecule has 7 heteroatoms. The third-order valence-corrected chi connectivity index (χ3v) is 2.68. The molecule has 0 fully saturated rings. The molecule has 1 aromatic carbocycles. The number of para-hydroxylation sites is 1. The van der Waals surface area contributed by atoms with Crippen molar-refractivity contribution in [3.05, 3.63) is 29.8 Å². The lowest BCUT2D eigenvalue weighted by Crippen LogP contribution is -2.11. The van der Waals surface area contributed by atoms with E-state index >= 15 is 0 Å². The van der Waals surface area contributed by atoms with Crippen molar-refractivity contribution < 1.29 is 9.47 Å². The number of methoxy groups -OCH3 is 2. The summed E-state index contributed by atoms with van der Waals surface area (Å²) >= 11 is 0. The first-order valence-electron chi connectivity index (χ1n) is 6.14. The van der Waals surface area contributed by atoms with Crippen LogP contribution in [0, 0.1) is 0 Å². The van der Waals surface area contributed by atoms with Gasteiger partial charge in [-0.15, -0.1) is 0 Å². The Balaban J connectivity index is 1.97. The summed E-state index contributed by atoms with van der Waals surface area (Å²) in [6, 6.07) is 8.05. The molecule has 1 aromatic heterocycles. The number of nitrogens with two attached hydrogens (primary N) is 1. The molecule has 0 radical (unpaired) electrons. The molecule has 1 heterocycles. The highest BCUT2D eigenvalue weighted by Crippen LogP contribution is 2.17. The molecule has 2 rings (SSSR count). The molecule has 3 N–H and O–H groups in total. The summed E-state index contributed by atoms with van der Waals surface area (Å²) < 4.78 is 10.2. The zero-order chi connectivity index (χ0) is 14.4. The molecule has 0 aliphatic carbocycles. The van der Waals surface area contributed by atoms with Crippen molar-refractivity contribution in [2.75, 3.05) is 31.8 Å². The fourth-order valence-electron chi connectivity index (χ4n) is 1.76. The van der Waals surface area contributed by atoms with Crippen molar-refractivity contribution >= 4 is 11.9 Å². The summed E-state index contributed by atoms with van der Waals surface area (Å²) in [7, 11) is 3.14. The molecular formula is C13H17N5O2. The van der Waals surface area contributed by atoms with Gasteiger partial charge in [-0.2, -0.15) is 15.0 Å². The minimum absolute atomic E-state index is 0.122. The largest absolute Gasteiger partial charge is 0.496 e. The van der Waals surface area contributed by atoms with E-state index in [2.05, 4.69) is 20.3 Å². The van der Waals surface area contributed by atoms with Crippen molar-refractivity contribution in [3.8, 4) is 11.8 Å². The first-order chi connectivity index (χ1) is 9.72. The molecule has 0 spiro atoms. The van der Waals surface area contributed by atoms with Crippen LogP contribution in [0.3, 0.4) is 0 Å². The Morgan fingerprint density at radius 2 is 1.90 bits per heavy atom. The number of nitrogens with zero attached hydrogens (tertiary/aromatic N) is 3. The number of hydrogen-bond acceptors (Lipinski definition) is 7. The van der Waals surface area contributed by atoms with Gasteiger partial charge in [0.05, 0.1) is 14.2 Å². The number of nitrogen functional groups attached to an aromatic ring is 1. The Labute approximate surface area is 117 Å². The van der Waals surface area contributed by atoms with E-state index in [0.29, 0.717) is 12.5 Å². The van der Waals surface area contributed by atoms with E-state index < -0.39 is 0 Å². The van der Waals surface area contributed by atoms with Gasteiger partial charge in [0.2, 0.25) is 11.9 Å². The number of ether oxygens (including phenoxy) is 2. The molecular weight excluding hydrogens is 258 g/mol. The lowest BCUT2D eigenvalue weighted by molar-refractivity contribution is 0.379. The molecule has 2 aromatic rings. The third-order valence-electron chi connectivity index (χ3n) is 2.68. The Kier molecular flexibility index (Phi) is 4.54. The maximum atomic E-state index is 5.56. The van der Waals surface area contributed by atoms with Gasteiger partial charge in [0.15, 0.2) is 0 Å². The van der Waals surface area contributed by atoms with Gasteiger partial charge in [-0.1, -0.05) is 18.2 Å². The van der Waals surface area contributed by atoms with Crippen LogP contribution in [0.2, 0.25) is 0 Å². The quantitative estimate of drug-likeness (QED) is 0.815. The number of aromatic nitrogens is 3. The van der Waals surface area contributed by atoms with E-state index in [4.69, 9.17) is 15.2 Å². The molecule has 106 valence electrons. The molecule has 0 saturated carbocycles. The van der Waals surface area contributed by atoms with E-state index in [1.54, 1.807) is 7.11 Å². The van der Waals surface area contributed by atoms with Gasteiger partial charge in [-0.05, 0) is 18.1 Å². The van der Waals surface area contributed by atoms with Gasteiger partial charge in [0.1, 0.15) is 5.75 Å². The molecule has 0 unspecified atom stereocenters. The Hall–Kier alpha value is -2.57. The minimum Gasteiger partial charge on any atom is -0.496 e. The van der Waals surface area contributed by atoms with Gasteiger partial charge in [-0.3, -0.25) is 0 Å². The van der Waals surface area contributed by atoms with Crippen LogP contribution >= 0.6 is 0 Å². The van der Waals surface area contributed by atoms with Crippen LogP contribution in [-0.4, -0.2) is 35.7 Å². The summed E-state index contributed by atoms with van der Waals surface area (Å²) in [5.41, 5.74) is 6.67. The summed E-state index contributed by atoms with van der Waals surface area (Å²) in [5.74, 6) is 1.38. The Morgan fingerprint density at radius 1 is 1.10 bits per heavy atom. The number of rotatable bonds is 6. The van der Waals surface area contributed by atoms with Gasteiger partial charge in [-0.25, -0.2) is 0 Å². The molecule has 20 heavy (non-hydrogen) atoms. The van der Waals surface area contributed by atoms with Crippen LogP contribution in [0.15, 0.2) is 24.3 Å². The number of hydrogen-bond donors (Lipinski definition) is 2. The van der Waals surface area contributed by atoms with E-state index in [1.807, 2.05) is 24.3 Å². The van der Waals surface area contributed by atoms with E-state index in [9.17, 15) is 0 Å². The van der Waals surface area contributed by atoms with Gasteiger partial charge < -0.3 is 20.5 Å². The van der Waals surface area contributed by atoms with Crippen LogP contribution in [-0.2, 0) is 6.42 Å². The first kappa shape index (κ1) is 13.9. The molecule has 7 nitrogen and oxygen atoms in total. The second-order valence-electron chi connectivity index (χ2n) is 3.99. The van der Waals surface area contributed by atoms with Crippen LogP contribution in [0.1, 0.15) is 5.56 Å². The van der Waals surface area contributed by atoms with Crippen molar-refractivity contribution in [3.63, 3.8) is 0 Å². The molecule has 0 atom stereocenters. The van der Waals surface area contributed by atoms with E-state index in [1.165, 1.54) is 7.11 Å². The fourth-order valence-corrected chi connectivity index (χ4v) is 1.76. The van der Waals surface area contributed by atoms with E-state index in [0.717, 1.165) is 17.7 Å². The summed E-state index contributed by atoms with van der Waals surface area (Å²) in [6.45, 7) is 0.646. The highest BCUT2D eigenvalue weighted by Gasteiger charge is 2.05. The summed E-state index contributed by atoms with van der Waals surface area (Å²) in [6.07, 6.45) is 0.776. The Morgan fingerprint density at radius 3 is 2.65 bits per heavy atom. The van der Waals surface area contributed by atoms with Gasteiger partial charge >= 0.3 is 6.01 Å². The van der Waals surface area contributed by atoms with Crippen molar-refractivity contribution in [2.24, 2.45) is 0 Å². The predicted molar refractivity (Wildman–Crippen MR) is 76.0 cm³/mol. The SMILES string of the molecule is COc1nc(N)nc(NCCc2ccccc2OC)n1. The number of nitrogens with one attached hydrogen (secondary N) is 1. The average Bonchev–Trinajstić information content (AvgIpc) is 2.47. The zero-order valence-corrected chi connectivity index (χ0v) is 11.5. The molecule has 0 bridgehead atoms. The second kappa shape index (κ2) is 6.55. The van der Waals surface area contributed by atoms with Gasteiger partial charge in [0, 0.05) is 6.54 Å². The zero-order valence-electron chi connectivity index (χ0n) is 11.5. The average molecular weight is 275 g/mol. The predicted octanol–water partition coefficient (Wildman–Crippen LogP) is 1.13. The smallest absolute Gasteiger partial charge is 0.322 e. The Bertz CT molecular complexity index is 576. The first-order valence-corrected chi connectivity index (χ1v) is 6.14. The lowest BCUT2D eigenvalue weighted by Gasteiger charge is -2.09. The monoisotopic (exact) mass is 275 g/mol. The third kappa shape index (κ3) is 3.47. The van der Waals surface area contributed by atoms with Crippen molar-refractivity contribution in [2.45, 2.75) is 6.42 Å². The highest BCUT2D eigenvalue weighted by atomic mass is 16.5. The molecule has 0 amide bonds. The lowest BCUT2D eigenvalue weighted by atomic mass is 10.1. The van der Waals surface area contributed by atoms with Crippen molar-refractivity contribution in [1.29, 1.82) is 0 Å². The maximum absolute atomic E-state index is 5.56. The second-order valence-corrected chi connectivity index (χ2v) is 3.99. The van der Waals surface area contributed by atoms with Crippen LogP contribution in [0.4, 0.5) is 11.9 Å². The normalized spacial score (nSPS) is 10.1. The van der Waals surface area contributed by atoms with E-state index in [-0.39, 0.29) is 12.0 Å². The molecule has 0 aliphatic rings. The van der Waals surface area contributed by atoms with Gasteiger partial charge in [0.25, 0.3) is 0 Å². The van der Waals surface area contributed by atoms with Crippen LogP contribution < -0.4 is 20.5 Å². The standard InChI is InChI=1S/C13H17N5O2/c1-19-10-6-4-3-5-9(10)7-8-15-12-16-11(14)17-13(18-12)20-2/h3-6H,7-8H2,1-2H3,(H3,14,15,16,17,18). The molecule has 0 aliphatic heterocycles. The topological polar surface area (TPSA) is 95.2 Å². The summed E-state index contributed by atoms with van der Waals surface area (Å²) in [5, 5.41) is 3.08. The van der Waals surface area contributed by atoms with Crippen LogP contribution in [0.25, 0.3) is 0 Å².